The van der Waals surface area contributed by atoms with E-state index in [1.54, 1.807) is 6.08 Å². The molecule has 1 atom stereocenters. The van der Waals surface area contributed by atoms with Crippen LogP contribution in [0.1, 0.15) is 33.1 Å². The molecule has 0 heterocycles. The van der Waals surface area contributed by atoms with Gasteiger partial charge in [0.2, 0.25) is 0 Å². The Morgan fingerprint density at radius 3 is 2.55 bits per heavy atom. The number of allylic oxidation sites excluding steroid dienone is 1. The molecule has 2 heteroatoms. The SMILES string of the molecule is CCCC(C=CC(=O)O)CC. The quantitative estimate of drug-likeness (QED) is 0.621. The van der Waals surface area contributed by atoms with E-state index >= 15 is 0 Å². The minimum Gasteiger partial charge on any atom is -0.478 e. The maximum Gasteiger partial charge on any atom is 0.327 e. The molecular weight excluding hydrogens is 140 g/mol. The molecule has 0 aliphatic heterocycles. The van der Waals surface area contributed by atoms with Gasteiger partial charge in [-0.3, -0.25) is 0 Å². The molecule has 2 nitrogen and oxygen atoms in total. The van der Waals surface area contributed by atoms with E-state index in [0.717, 1.165) is 19.3 Å². The molecular formula is C9H16O2. The highest BCUT2D eigenvalue weighted by Crippen LogP contribution is 2.11. The normalized spacial score (nSPS) is 13.6. The fourth-order valence-electron chi connectivity index (χ4n) is 1.03. The summed E-state index contributed by atoms with van der Waals surface area (Å²) in [5, 5.41) is 8.34. The van der Waals surface area contributed by atoms with Gasteiger partial charge in [-0.1, -0.05) is 26.3 Å². The first-order valence-corrected chi connectivity index (χ1v) is 4.11. The standard InChI is InChI=1S/C9H16O2/c1-3-5-8(4-2)6-7-9(10)11/h6-8H,3-5H2,1-2H3,(H,10,11). The second-order valence-corrected chi connectivity index (χ2v) is 2.65. The van der Waals surface area contributed by atoms with Gasteiger partial charge in [0.25, 0.3) is 0 Å². The first kappa shape index (κ1) is 10.2. The van der Waals surface area contributed by atoms with Crippen molar-refractivity contribution in [2.75, 3.05) is 0 Å². The van der Waals surface area contributed by atoms with E-state index in [-0.39, 0.29) is 0 Å². The minimum absolute atomic E-state index is 0.441. The highest BCUT2D eigenvalue weighted by atomic mass is 16.4. The summed E-state index contributed by atoms with van der Waals surface area (Å²) in [5.74, 6) is -0.407. The molecule has 0 bridgehead atoms. The van der Waals surface area contributed by atoms with Crippen LogP contribution < -0.4 is 0 Å². The van der Waals surface area contributed by atoms with E-state index in [0.29, 0.717) is 5.92 Å². The lowest BCUT2D eigenvalue weighted by atomic mass is 10.0. The van der Waals surface area contributed by atoms with Crippen molar-refractivity contribution in [3.63, 3.8) is 0 Å². The number of rotatable bonds is 5. The average molecular weight is 156 g/mol. The van der Waals surface area contributed by atoms with Gasteiger partial charge in [0.15, 0.2) is 0 Å². The Kier molecular flexibility index (Phi) is 5.53. The molecule has 0 spiro atoms. The van der Waals surface area contributed by atoms with Gasteiger partial charge in [-0.05, 0) is 18.8 Å². The summed E-state index contributed by atoms with van der Waals surface area (Å²) in [6, 6.07) is 0. The first-order chi connectivity index (χ1) is 5.20. The van der Waals surface area contributed by atoms with Crippen LogP contribution in [-0.2, 0) is 4.79 Å². The van der Waals surface area contributed by atoms with E-state index in [4.69, 9.17) is 5.11 Å². The summed E-state index contributed by atoms with van der Waals surface area (Å²) in [4.78, 5) is 10.1. The zero-order valence-electron chi connectivity index (χ0n) is 7.21. The van der Waals surface area contributed by atoms with E-state index in [1.165, 1.54) is 6.08 Å². The average Bonchev–Trinajstić information content (AvgIpc) is 1.97. The van der Waals surface area contributed by atoms with Crippen molar-refractivity contribution >= 4 is 5.97 Å². The zero-order valence-corrected chi connectivity index (χ0v) is 7.21. The summed E-state index contributed by atoms with van der Waals surface area (Å²) in [5.41, 5.74) is 0. The van der Waals surface area contributed by atoms with Gasteiger partial charge in [-0.25, -0.2) is 4.79 Å². The molecule has 0 aromatic rings. The fraction of sp³-hybridized carbons (Fsp3) is 0.667. The van der Waals surface area contributed by atoms with Crippen LogP contribution in [0.4, 0.5) is 0 Å². The van der Waals surface area contributed by atoms with Crippen LogP contribution in [0, 0.1) is 5.92 Å². The molecule has 1 N–H and O–H groups in total. The van der Waals surface area contributed by atoms with Crippen LogP contribution >= 0.6 is 0 Å². The summed E-state index contributed by atoms with van der Waals surface area (Å²) in [6.45, 7) is 4.18. The minimum atomic E-state index is -0.848. The van der Waals surface area contributed by atoms with Crippen molar-refractivity contribution in [3.8, 4) is 0 Å². The fourth-order valence-corrected chi connectivity index (χ4v) is 1.03. The Labute approximate surface area is 67.9 Å². The predicted molar refractivity (Wildman–Crippen MR) is 45.5 cm³/mol. The third-order valence-electron chi connectivity index (χ3n) is 1.69. The number of hydrogen-bond acceptors (Lipinski definition) is 1. The van der Waals surface area contributed by atoms with E-state index < -0.39 is 5.97 Å². The van der Waals surface area contributed by atoms with Crippen LogP contribution in [0.2, 0.25) is 0 Å². The Morgan fingerprint density at radius 2 is 2.18 bits per heavy atom. The van der Waals surface area contributed by atoms with E-state index in [9.17, 15) is 4.79 Å². The highest BCUT2D eigenvalue weighted by Gasteiger charge is 1.99. The number of carboxylic acid groups (broad SMARTS) is 1. The molecule has 0 aromatic heterocycles. The number of carboxylic acids is 1. The Hall–Kier alpha value is -0.790. The van der Waals surface area contributed by atoms with Crippen molar-refractivity contribution in [3.05, 3.63) is 12.2 Å². The molecule has 1 unspecified atom stereocenters. The molecule has 0 aromatic carbocycles. The molecule has 0 saturated heterocycles. The van der Waals surface area contributed by atoms with Crippen molar-refractivity contribution in [2.24, 2.45) is 5.92 Å². The summed E-state index contributed by atoms with van der Waals surface area (Å²) in [7, 11) is 0. The first-order valence-electron chi connectivity index (χ1n) is 4.11. The molecule has 0 radical (unpaired) electrons. The van der Waals surface area contributed by atoms with Gasteiger partial charge in [0, 0.05) is 6.08 Å². The van der Waals surface area contributed by atoms with Gasteiger partial charge in [-0.15, -0.1) is 0 Å². The van der Waals surface area contributed by atoms with E-state index in [2.05, 4.69) is 13.8 Å². The monoisotopic (exact) mass is 156 g/mol. The third kappa shape index (κ3) is 5.64. The number of aliphatic carboxylic acids is 1. The molecule has 0 rings (SSSR count). The Morgan fingerprint density at radius 1 is 1.55 bits per heavy atom. The van der Waals surface area contributed by atoms with E-state index in [1.807, 2.05) is 0 Å². The highest BCUT2D eigenvalue weighted by molar-refractivity contribution is 5.79. The maximum atomic E-state index is 10.1. The Balaban J connectivity index is 3.76. The van der Waals surface area contributed by atoms with Gasteiger partial charge in [0.05, 0.1) is 0 Å². The van der Waals surface area contributed by atoms with Crippen molar-refractivity contribution in [1.82, 2.24) is 0 Å². The van der Waals surface area contributed by atoms with Crippen LogP contribution in [-0.4, -0.2) is 11.1 Å². The molecule has 0 aliphatic carbocycles. The topological polar surface area (TPSA) is 37.3 Å². The molecule has 64 valence electrons. The third-order valence-corrected chi connectivity index (χ3v) is 1.69. The van der Waals surface area contributed by atoms with Gasteiger partial charge in [-0.2, -0.15) is 0 Å². The van der Waals surface area contributed by atoms with Gasteiger partial charge >= 0.3 is 5.97 Å². The summed E-state index contributed by atoms with van der Waals surface area (Å²) >= 11 is 0. The second-order valence-electron chi connectivity index (χ2n) is 2.65. The van der Waals surface area contributed by atoms with Crippen molar-refractivity contribution < 1.29 is 9.90 Å². The smallest absolute Gasteiger partial charge is 0.327 e. The second kappa shape index (κ2) is 5.96. The number of carbonyl (C=O) groups is 1. The number of hydrogen-bond donors (Lipinski definition) is 1. The molecule has 0 fully saturated rings. The molecule has 0 aliphatic rings. The largest absolute Gasteiger partial charge is 0.478 e. The van der Waals surface area contributed by atoms with Crippen molar-refractivity contribution in [1.29, 1.82) is 0 Å². The summed E-state index contributed by atoms with van der Waals surface area (Å²) < 4.78 is 0. The van der Waals surface area contributed by atoms with Crippen LogP contribution in [0.25, 0.3) is 0 Å². The molecule has 11 heavy (non-hydrogen) atoms. The lowest BCUT2D eigenvalue weighted by Crippen LogP contribution is -1.95. The van der Waals surface area contributed by atoms with Gasteiger partial charge < -0.3 is 5.11 Å². The zero-order chi connectivity index (χ0) is 8.69. The van der Waals surface area contributed by atoms with Crippen molar-refractivity contribution in [2.45, 2.75) is 33.1 Å². The van der Waals surface area contributed by atoms with Crippen LogP contribution in [0.3, 0.4) is 0 Å². The predicted octanol–water partition coefficient (Wildman–Crippen LogP) is 2.45. The Bertz CT molecular complexity index is 138. The molecule has 0 amide bonds. The lowest BCUT2D eigenvalue weighted by Gasteiger charge is -2.05. The lowest BCUT2D eigenvalue weighted by molar-refractivity contribution is -0.131. The molecule has 0 saturated carbocycles. The van der Waals surface area contributed by atoms with Gasteiger partial charge in [0.1, 0.15) is 0 Å². The van der Waals surface area contributed by atoms with Crippen LogP contribution in [0.5, 0.6) is 0 Å². The van der Waals surface area contributed by atoms with Crippen LogP contribution in [0.15, 0.2) is 12.2 Å². The maximum absolute atomic E-state index is 10.1. The summed E-state index contributed by atoms with van der Waals surface area (Å²) in [6.07, 6.45) is 6.25.